The van der Waals surface area contributed by atoms with E-state index in [9.17, 15) is 4.21 Å². The average Bonchev–Trinajstić information content (AvgIpc) is 2.30. The zero-order valence-electron chi connectivity index (χ0n) is 6.20. The van der Waals surface area contributed by atoms with Gasteiger partial charge in [-0.3, -0.25) is 0 Å². The van der Waals surface area contributed by atoms with Crippen LogP contribution in [0.3, 0.4) is 0 Å². The molecule has 0 spiro atoms. The monoisotopic (exact) mass is 180 g/mol. The highest BCUT2D eigenvalue weighted by molar-refractivity contribution is 7.91. The van der Waals surface area contributed by atoms with Crippen LogP contribution in [0.25, 0.3) is 6.08 Å². The Morgan fingerprint density at radius 1 is 1.27 bits per heavy atom. The summed E-state index contributed by atoms with van der Waals surface area (Å²) < 4.78 is 12.6. The Kier molecular flexibility index (Phi) is 1.54. The summed E-state index contributed by atoms with van der Waals surface area (Å²) >= 11 is 0. The van der Waals surface area contributed by atoms with Gasteiger partial charge in [0.25, 0.3) is 0 Å². The summed E-state index contributed by atoms with van der Waals surface area (Å²) in [6.07, 6.45) is 2.04. The number of hydrogen-bond acceptors (Lipinski definition) is 1. The first-order valence-electron chi connectivity index (χ1n) is 3.48. The van der Waals surface area contributed by atoms with E-state index in [2.05, 4.69) is 0 Å². The van der Waals surface area contributed by atoms with Gasteiger partial charge in [-0.15, -0.1) is 0 Å². The van der Waals surface area contributed by atoms with Crippen molar-refractivity contribution in [2.45, 2.75) is 4.90 Å². The third-order valence-corrected chi connectivity index (χ3v) is 4.64. The molecule has 0 saturated carbocycles. The highest BCUT2D eigenvalue weighted by atomic mass is 32.2. The molecule has 1 atom stereocenters. The van der Waals surface area contributed by atoms with Crippen molar-refractivity contribution in [3.8, 4) is 0 Å². The van der Waals surface area contributed by atoms with E-state index in [0.717, 1.165) is 25.2 Å². The number of fused-ring (bicyclic) bond motifs is 1. The van der Waals surface area contributed by atoms with Gasteiger partial charge in [-0.2, -0.15) is 0 Å². The molecule has 1 nitrogen and oxygen atoms in total. The van der Waals surface area contributed by atoms with Crippen molar-refractivity contribution in [3.05, 3.63) is 34.4 Å². The topological polar surface area (TPSA) is 17.1 Å². The SMILES string of the molecule is O=S1C([SiH3])=Cc2ccccc21. The second kappa shape index (κ2) is 2.43. The highest BCUT2D eigenvalue weighted by Crippen LogP contribution is 2.26. The van der Waals surface area contributed by atoms with Gasteiger partial charge in [0, 0.05) is 0 Å². The van der Waals surface area contributed by atoms with Crippen LogP contribution in [0.15, 0.2) is 33.7 Å². The van der Waals surface area contributed by atoms with Crippen LogP contribution in [0.5, 0.6) is 0 Å². The van der Waals surface area contributed by atoms with Crippen molar-refractivity contribution in [2.75, 3.05) is 0 Å². The zero-order valence-corrected chi connectivity index (χ0v) is 9.02. The predicted octanol–water partition coefficient (Wildman–Crippen LogP) is 0.472. The van der Waals surface area contributed by atoms with Gasteiger partial charge in [0.15, 0.2) is 0 Å². The third-order valence-electron chi connectivity index (χ3n) is 1.77. The number of hydrogen-bond donors (Lipinski definition) is 0. The highest BCUT2D eigenvalue weighted by Gasteiger charge is 2.15. The van der Waals surface area contributed by atoms with E-state index >= 15 is 0 Å². The normalized spacial score (nSPS) is 21.5. The fraction of sp³-hybridized carbons (Fsp3) is 0. The third kappa shape index (κ3) is 1.00. The van der Waals surface area contributed by atoms with Crippen molar-refractivity contribution >= 4 is 27.1 Å². The van der Waals surface area contributed by atoms with Crippen molar-refractivity contribution < 1.29 is 4.21 Å². The Morgan fingerprint density at radius 3 is 2.73 bits per heavy atom. The smallest absolute Gasteiger partial charge is 0.0762 e. The van der Waals surface area contributed by atoms with E-state index in [1.54, 1.807) is 0 Å². The summed E-state index contributed by atoms with van der Waals surface area (Å²) in [6.45, 7) is 0. The van der Waals surface area contributed by atoms with Crippen LogP contribution in [0.1, 0.15) is 5.56 Å². The van der Waals surface area contributed by atoms with Gasteiger partial charge >= 0.3 is 0 Å². The summed E-state index contributed by atoms with van der Waals surface area (Å²) in [4.78, 5) is 0.984. The van der Waals surface area contributed by atoms with Gasteiger partial charge in [-0.05, 0) is 22.2 Å². The molecule has 0 N–H and O–H groups in total. The summed E-state index contributed by atoms with van der Waals surface area (Å²) in [7, 11) is 0.0819. The van der Waals surface area contributed by atoms with Crippen LogP contribution in [0.2, 0.25) is 0 Å². The minimum atomic E-state index is -0.820. The van der Waals surface area contributed by atoms with Crippen molar-refractivity contribution in [1.29, 1.82) is 0 Å². The van der Waals surface area contributed by atoms with Crippen LogP contribution in [0.4, 0.5) is 0 Å². The molecule has 1 aromatic rings. The molecule has 1 unspecified atom stereocenters. The lowest BCUT2D eigenvalue weighted by Gasteiger charge is -1.94. The van der Waals surface area contributed by atoms with Gasteiger partial charge < -0.3 is 0 Å². The first-order chi connectivity index (χ1) is 5.29. The Morgan fingerprint density at radius 2 is 2.00 bits per heavy atom. The van der Waals surface area contributed by atoms with Crippen molar-refractivity contribution in [3.63, 3.8) is 0 Å². The maximum atomic E-state index is 11.5. The fourth-order valence-corrected chi connectivity index (χ4v) is 3.31. The van der Waals surface area contributed by atoms with Gasteiger partial charge in [0.1, 0.15) is 0 Å². The first-order valence-corrected chi connectivity index (χ1v) is 5.63. The molecular weight excluding hydrogens is 172 g/mol. The van der Waals surface area contributed by atoms with Crippen molar-refractivity contribution in [1.82, 2.24) is 0 Å². The molecule has 0 fully saturated rings. The molecule has 1 aliphatic rings. The van der Waals surface area contributed by atoms with E-state index in [1.807, 2.05) is 30.3 Å². The lowest BCUT2D eigenvalue weighted by molar-refractivity contribution is 0.688. The zero-order chi connectivity index (χ0) is 7.84. The summed E-state index contributed by atoms with van der Waals surface area (Å²) in [5.41, 5.74) is 1.14. The predicted molar refractivity (Wildman–Crippen MR) is 50.8 cm³/mol. The van der Waals surface area contributed by atoms with Crippen LogP contribution in [-0.2, 0) is 10.8 Å². The molecule has 2 rings (SSSR count). The second-order valence-corrected chi connectivity index (χ2v) is 5.98. The minimum Gasteiger partial charge on any atom is -0.250 e. The second-order valence-electron chi connectivity index (χ2n) is 2.56. The van der Waals surface area contributed by atoms with E-state index in [4.69, 9.17) is 0 Å². The maximum Gasteiger partial charge on any atom is 0.0762 e. The number of rotatable bonds is 0. The van der Waals surface area contributed by atoms with Gasteiger partial charge in [-0.25, -0.2) is 4.21 Å². The molecule has 0 saturated heterocycles. The van der Waals surface area contributed by atoms with E-state index in [0.29, 0.717) is 0 Å². The molecule has 1 aliphatic heterocycles. The van der Waals surface area contributed by atoms with Gasteiger partial charge in [0.2, 0.25) is 0 Å². The molecule has 11 heavy (non-hydrogen) atoms. The summed E-state index contributed by atoms with van der Waals surface area (Å²) in [5, 5.41) is 0. The molecule has 0 bridgehead atoms. The molecule has 56 valence electrons. The lowest BCUT2D eigenvalue weighted by atomic mass is 10.2. The van der Waals surface area contributed by atoms with E-state index < -0.39 is 10.8 Å². The molecule has 1 heterocycles. The fourth-order valence-electron chi connectivity index (χ4n) is 1.21. The molecular formula is C8H8OSSi. The first kappa shape index (κ1) is 7.00. The van der Waals surface area contributed by atoms with Crippen LogP contribution < -0.4 is 0 Å². The quantitative estimate of drug-likeness (QED) is 0.531. The molecule has 1 aromatic carbocycles. The minimum absolute atomic E-state index is 0.820. The Balaban J connectivity index is 2.67. The largest absolute Gasteiger partial charge is 0.250 e. The lowest BCUT2D eigenvalue weighted by Crippen LogP contribution is -1.88. The van der Waals surface area contributed by atoms with E-state index in [1.165, 1.54) is 0 Å². The maximum absolute atomic E-state index is 11.5. The van der Waals surface area contributed by atoms with Crippen molar-refractivity contribution in [2.24, 2.45) is 0 Å². The standard InChI is InChI=1S/C8H8OSSi/c9-10-7-4-2-1-3-6(7)5-8(10)11/h1-5H,11H3. The Bertz CT molecular complexity index is 357. The molecule has 0 amide bonds. The average molecular weight is 180 g/mol. The summed E-state index contributed by atoms with van der Waals surface area (Å²) in [5.74, 6) is 0. The van der Waals surface area contributed by atoms with Gasteiger partial charge in [0.05, 0.1) is 25.9 Å². The summed E-state index contributed by atoms with van der Waals surface area (Å²) in [6, 6.07) is 7.86. The van der Waals surface area contributed by atoms with Crippen LogP contribution in [0, 0.1) is 0 Å². The van der Waals surface area contributed by atoms with Crippen LogP contribution >= 0.6 is 0 Å². The van der Waals surface area contributed by atoms with Gasteiger partial charge in [-0.1, -0.05) is 18.2 Å². The Hall–Kier alpha value is -0.673. The molecule has 0 aliphatic carbocycles. The molecule has 3 heteroatoms. The molecule has 0 radical (unpaired) electrons. The van der Waals surface area contributed by atoms with E-state index in [-0.39, 0.29) is 0 Å². The Labute approximate surface area is 71.0 Å². The molecule has 0 aromatic heterocycles. The number of benzene rings is 1. The van der Waals surface area contributed by atoms with Crippen LogP contribution in [-0.4, -0.2) is 14.5 Å².